The maximum atomic E-state index is 11.2. The quantitative estimate of drug-likeness (QED) is 0.358. The van der Waals surface area contributed by atoms with E-state index in [9.17, 15) is 10.1 Å². The number of nitro benzene ring substituents is 1. The van der Waals surface area contributed by atoms with Crippen LogP contribution in [0.2, 0.25) is 5.02 Å². The van der Waals surface area contributed by atoms with E-state index in [1.807, 2.05) is 24.3 Å². The van der Waals surface area contributed by atoms with E-state index in [4.69, 9.17) is 11.6 Å². The lowest BCUT2D eigenvalue weighted by Crippen LogP contribution is -1.90. The highest BCUT2D eigenvalue weighted by Gasteiger charge is 2.21. The molecule has 0 spiro atoms. The Kier molecular flexibility index (Phi) is 6.37. The number of hydrogen-bond acceptors (Lipinski definition) is 4. The Bertz CT molecular complexity index is 1010. The highest BCUT2D eigenvalue weighted by molar-refractivity contribution is 6.33. The highest BCUT2D eigenvalue weighted by Crippen LogP contribution is 2.33. The number of fused-ring (bicyclic) bond motifs is 2. The van der Waals surface area contributed by atoms with Gasteiger partial charge in [-0.1, -0.05) is 31.2 Å². The molecule has 0 saturated heterocycles. The van der Waals surface area contributed by atoms with Crippen molar-refractivity contribution in [2.45, 2.75) is 7.43 Å². The van der Waals surface area contributed by atoms with Gasteiger partial charge in [-0.25, -0.2) is 9.97 Å². The number of halogens is 3. The Morgan fingerprint density at radius 2 is 1.60 bits per heavy atom. The summed E-state index contributed by atoms with van der Waals surface area (Å²) in [5, 5.41) is 11.2. The first-order valence-electron chi connectivity index (χ1n) is 6.41. The maximum absolute atomic E-state index is 11.2. The van der Waals surface area contributed by atoms with Crippen LogP contribution >= 0.6 is 36.4 Å². The zero-order chi connectivity index (χ0) is 15.3. The standard InChI is InChI=1S/C14H8ClN5O2.CH4.2ClH/c15-7-5-6-10-11(12(7)20(21)22)19-14(18-10)13-16-8-3-1-2-4-9(8)17-13;;;/h1-6H,(H,16,17)(H,18,19);1H4;2*1H. The van der Waals surface area contributed by atoms with Crippen molar-refractivity contribution in [1.82, 2.24) is 19.9 Å². The predicted octanol–water partition coefficient (Wildman–Crippen LogP) is 5.15. The summed E-state index contributed by atoms with van der Waals surface area (Å²) in [5.74, 6) is 0.944. The fourth-order valence-corrected chi connectivity index (χ4v) is 2.61. The van der Waals surface area contributed by atoms with E-state index in [-0.39, 0.29) is 48.5 Å². The first-order valence-corrected chi connectivity index (χ1v) is 6.79. The van der Waals surface area contributed by atoms with Crippen LogP contribution in [0, 0.1) is 10.1 Å². The SMILES string of the molecule is C.Cl.Cl.O=[N+]([O-])c1c(Cl)ccc2[nH]c(-c3nc4ccccc4[nH]3)nc12. The van der Waals surface area contributed by atoms with Crippen molar-refractivity contribution in [2.75, 3.05) is 0 Å². The van der Waals surface area contributed by atoms with Gasteiger partial charge in [0.1, 0.15) is 5.02 Å². The van der Waals surface area contributed by atoms with Crippen molar-refractivity contribution in [2.24, 2.45) is 0 Å². The van der Waals surface area contributed by atoms with Crippen molar-refractivity contribution in [3.05, 3.63) is 51.5 Å². The Balaban J connectivity index is 0.00000104. The number of aromatic amines is 2. The molecule has 0 unspecified atom stereocenters. The Hall–Kier alpha value is -2.35. The lowest BCUT2D eigenvalue weighted by molar-refractivity contribution is -0.383. The average Bonchev–Trinajstić information content (AvgIpc) is 3.09. The van der Waals surface area contributed by atoms with Crippen molar-refractivity contribution in [3.8, 4) is 11.6 Å². The molecular weight excluding hydrogens is 389 g/mol. The normalized spacial score (nSPS) is 9.96. The lowest BCUT2D eigenvalue weighted by atomic mass is 10.3. The van der Waals surface area contributed by atoms with Crippen LogP contribution in [0.25, 0.3) is 33.7 Å². The van der Waals surface area contributed by atoms with Gasteiger partial charge in [0.25, 0.3) is 0 Å². The summed E-state index contributed by atoms with van der Waals surface area (Å²) in [6.07, 6.45) is 0. The smallest absolute Gasteiger partial charge is 0.315 e. The molecule has 10 heteroatoms. The number of nitro groups is 1. The first kappa shape index (κ1) is 20.7. The van der Waals surface area contributed by atoms with E-state index >= 15 is 0 Å². The zero-order valence-corrected chi connectivity index (χ0v) is 14.2. The average molecular weight is 403 g/mol. The number of hydrogen-bond donors (Lipinski definition) is 2. The van der Waals surface area contributed by atoms with Crippen LogP contribution in [0.3, 0.4) is 0 Å². The van der Waals surface area contributed by atoms with E-state index in [0.717, 1.165) is 11.0 Å². The summed E-state index contributed by atoms with van der Waals surface area (Å²) in [7, 11) is 0. The second kappa shape index (κ2) is 7.69. The van der Waals surface area contributed by atoms with Gasteiger partial charge >= 0.3 is 5.69 Å². The number of nitrogens with one attached hydrogen (secondary N) is 2. The Morgan fingerprint density at radius 1 is 0.960 bits per heavy atom. The summed E-state index contributed by atoms with van der Waals surface area (Å²) in [6, 6.07) is 10.7. The maximum Gasteiger partial charge on any atom is 0.315 e. The van der Waals surface area contributed by atoms with Crippen LogP contribution in [-0.2, 0) is 0 Å². The third-order valence-corrected chi connectivity index (χ3v) is 3.68. The number of imidazole rings is 2. The van der Waals surface area contributed by atoms with Gasteiger partial charge in [0, 0.05) is 0 Å². The van der Waals surface area contributed by atoms with Gasteiger partial charge < -0.3 is 9.97 Å². The molecule has 0 aliphatic rings. The summed E-state index contributed by atoms with van der Waals surface area (Å²) < 4.78 is 0. The van der Waals surface area contributed by atoms with Gasteiger partial charge in [-0.3, -0.25) is 10.1 Å². The molecule has 7 nitrogen and oxygen atoms in total. The van der Waals surface area contributed by atoms with Gasteiger partial charge in [-0.15, -0.1) is 24.8 Å². The number of aromatic nitrogens is 4. The predicted molar refractivity (Wildman–Crippen MR) is 104 cm³/mol. The molecule has 0 amide bonds. The molecule has 2 aromatic heterocycles. The van der Waals surface area contributed by atoms with Crippen LogP contribution in [0.5, 0.6) is 0 Å². The van der Waals surface area contributed by atoms with E-state index in [2.05, 4.69) is 19.9 Å². The second-order valence-electron chi connectivity index (χ2n) is 4.74. The van der Waals surface area contributed by atoms with Crippen molar-refractivity contribution < 1.29 is 4.92 Å². The molecule has 4 aromatic rings. The number of nitrogens with zero attached hydrogens (tertiary/aromatic N) is 3. The summed E-state index contributed by atoms with van der Waals surface area (Å²) in [6.45, 7) is 0. The van der Waals surface area contributed by atoms with Crippen LogP contribution in [0.1, 0.15) is 7.43 Å². The summed E-state index contributed by atoms with van der Waals surface area (Å²) in [4.78, 5) is 25.5. The molecule has 0 saturated carbocycles. The van der Waals surface area contributed by atoms with Crippen LogP contribution in [0.4, 0.5) is 5.69 Å². The fourth-order valence-electron chi connectivity index (χ4n) is 2.39. The van der Waals surface area contributed by atoms with Crippen molar-refractivity contribution in [1.29, 1.82) is 0 Å². The number of benzene rings is 2. The minimum absolute atomic E-state index is 0. The summed E-state index contributed by atoms with van der Waals surface area (Å²) >= 11 is 5.90. The van der Waals surface area contributed by atoms with Crippen molar-refractivity contribution in [3.63, 3.8) is 0 Å². The molecule has 0 bridgehead atoms. The molecule has 2 N–H and O–H groups in total. The lowest BCUT2D eigenvalue weighted by Gasteiger charge is -1.94. The van der Waals surface area contributed by atoms with E-state index < -0.39 is 4.92 Å². The molecular formula is C15H14Cl3N5O2. The van der Waals surface area contributed by atoms with Gasteiger partial charge in [-0.05, 0) is 24.3 Å². The van der Waals surface area contributed by atoms with Gasteiger partial charge in [-0.2, -0.15) is 0 Å². The molecule has 132 valence electrons. The van der Waals surface area contributed by atoms with Crippen molar-refractivity contribution >= 4 is 64.2 Å². The zero-order valence-electron chi connectivity index (χ0n) is 11.8. The third-order valence-electron chi connectivity index (χ3n) is 3.37. The minimum atomic E-state index is -0.534. The molecule has 2 aromatic carbocycles. The number of para-hydroxylation sites is 2. The van der Waals surface area contributed by atoms with E-state index in [1.54, 1.807) is 6.07 Å². The molecule has 0 radical (unpaired) electrons. The molecule has 4 rings (SSSR count). The van der Waals surface area contributed by atoms with Crippen LogP contribution in [0.15, 0.2) is 36.4 Å². The summed E-state index contributed by atoms with van der Waals surface area (Å²) in [5.41, 5.74) is 2.20. The van der Waals surface area contributed by atoms with Gasteiger partial charge in [0.2, 0.25) is 0 Å². The molecule has 0 aliphatic heterocycles. The second-order valence-corrected chi connectivity index (χ2v) is 5.14. The molecule has 0 fully saturated rings. The highest BCUT2D eigenvalue weighted by atomic mass is 35.5. The topological polar surface area (TPSA) is 100 Å². The van der Waals surface area contributed by atoms with Crippen LogP contribution < -0.4 is 0 Å². The number of rotatable bonds is 2. The molecule has 0 aliphatic carbocycles. The minimum Gasteiger partial charge on any atom is -0.335 e. The third kappa shape index (κ3) is 3.39. The number of H-pyrrole nitrogens is 2. The monoisotopic (exact) mass is 401 g/mol. The largest absolute Gasteiger partial charge is 0.335 e. The molecule has 25 heavy (non-hydrogen) atoms. The van der Waals surface area contributed by atoms with E-state index in [0.29, 0.717) is 17.2 Å². The van der Waals surface area contributed by atoms with Crippen LogP contribution in [-0.4, -0.2) is 24.9 Å². The first-order chi connectivity index (χ1) is 10.6. The fraction of sp³-hybridized carbons (Fsp3) is 0.0667. The van der Waals surface area contributed by atoms with Gasteiger partial charge in [0.15, 0.2) is 17.2 Å². The Morgan fingerprint density at radius 3 is 2.28 bits per heavy atom. The Labute approximate surface area is 159 Å². The molecule has 0 atom stereocenters. The van der Waals surface area contributed by atoms with Gasteiger partial charge in [0.05, 0.1) is 21.5 Å². The van der Waals surface area contributed by atoms with E-state index in [1.165, 1.54) is 6.07 Å². The molecule has 2 heterocycles.